The van der Waals surface area contributed by atoms with Crippen molar-refractivity contribution in [3.8, 4) is 5.75 Å². The van der Waals surface area contributed by atoms with Gasteiger partial charge in [0.1, 0.15) is 5.75 Å². The zero-order valence-electron chi connectivity index (χ0n) is 15.0. The number of amides is 1. The van der Waals surface area contributed by atoms with Crippen LogP contribution in [0.1, 0.15) is 40.7 Å². The molecule has 0 saturated carbocycles. The van der Waals surface area contributed by atoms with Crippen LogP contribution < -0.4 is 10.1 Å². The lowest BCUT2D eigenvalue weighted by molar-refractivity contribution is -0.121. The number of unbranched alkanes of at least 4 members (excludes halogenated alkanes) is 1. The van der Waals surface area contributed by atoms with E-state index in [0.717, 1.165) is 29.7 Å². The van der Waals surface area contributed by atoms with E-state index >= 15 is 0 Å². The highest BCUT2D eigenvalue weighted by Crippen LogP contribution is 2.13. The molecule has 0 aliphatic rings. The monoisotopic (exact) mass is 355 g/mol. The number of carboxylic acid groups (broad SMARTS) is 1. The first kappa shape index (κ1) is 19.5. The molecule has 0 atom stereocenters. The largest absolute Gasteiger partial charge is 0.494 e. The molecule has 2 aromatic carbocycles. The molecule has 0 unspecified atom stereocenters. The van der Waals surface area contributed by atoms with E-state index in [0.29, 0.717) is 26.0 Å². The van der Waals surface area contributed by atoms with E-state index in [1.54, 1.807) is 18.2 Å². The first-order valence-corrected chi connectivity index (χ1v) is 8.83. The Labute approximate surface area is 154 Å². The number of carboxylic acids is 1. The Hall–Kier alpha value is -2.82. The fourth-order valence-electron chi connectivity index (χ4n) is 2.58. The molecule has 2 N–H and O–H groups in total. The smallest absolute Gasteiger partial charge is 0.335 e. The van der Waals surface area contributed by atoms with Gasteiger partial charge in [-0.05, 0) is 61.6 Å². The summed E-state index contributed by atoms with van der Waals surface area (Å²) in [6, 6.07) is 14.7. The number of rotatable bonds is 10. The third-order valence-corrected chi connectivity index (χ3v) is 3.97. The molecule has 0 spiro atoms. The molecule has 5 heteroatoms. The quantitative estimate of drug-likeness (QED) is 0.639. The number of benzene rings is 2. The van der Waals surface area contributed by atoms with Gasteiger partial charge in [0, 0.05) is 13.0 Å². The summed E-state index contributed by atoms with van der Waals surface area (Å²) >= 11 is 0. The van der Waals surface area contributed by atoms with Crippen molar-refractivity contribution in [2.75, 3.05) is 13.2 Å². The minimum Gasteiger partial charge on any atom is -0.494 e. The van der Waals surface area contributed by atoms with Crippen molar-refractivity contribution >= 4 is 11.9 Å². The van der Waals surface area contributed by atoms with Gasteiger partial charge in [0.05, 0.1) is 12.2 Å². The van der Waals surface area contributed by atoms with E-state index in [4.69, 9.17) is 9.84 Å². The van der Waals surface area contributed by atoms with Crippen molar-refractivity contribution in [2.24, 2.45) is 0 Å². The maximum Gasteiger partial charge on any atom is 0.335 e. The van der Waals surface area contributed by atoms with Crippen molar-refractivity contribution < 1.29 is 19.4 Å². The molecule has 0 radical (unpaired) electrons. The fraction of sp³-hybridized carbons (Fsp3) is 0.333. The van der Waals surface area contributed by atoms with Crippen molar-refractivity contribution in [1.82, 2.24) is 5.32 Å². The zero-order chi connectivity index (χ0) is 18.8. The number of aromatic carboxylic acids is 1. The molecule has 0 fully saturated rings. The summed E-state index contributed by atoms with van der Waals surface area (Å²) in [5.41, 5.74) is 2.33. The summed E-state index contributed by atoms with van der Waals surface area (Å²) in [4.78, 5) is 22.8. The van der Waals surface area contributed by atoms with Gasteiger partial charge < -0.3 is 15.2 Å². The predicted molar refractivity (Wildman–Crippen MR) is 101 cm³/mol. The molecule has 2 aromatic rings. The molecular formula is C21H25NO4. The lowest BCUT2D eigenvalue weighted by Gasteiger charge is -2.08. The summed E-state index contributed by atoms with van der Waals surface area (Å²) in [5, 5.41) is 11.8. The maximum absolute atomic E-state index is 11.8. The highest BCUT2D eigenvalue weighted by molar-refractivity contribution is 5.87. The van der Waals surface area contributed by atoms with Crippen molar-refractivity contribution in [3.63, 3.8) is 0 Å². The Morgan fingerprint density at radius 2 is 1.88 bits per heavy atom. The van der Waals surface area contributed by atoms with Gasteiger partial charge in [-0.3, -0.25) is 4.79 Å². The molecule has 0 saturated heterocycles. The van der Waals surface area contributed by atoms with Crippen LogP contribution in [0.3, 0.4) is 0 Å². The second-order valence-corrected chi connectivity index (χ2v) is 6.23. The van der Waals surface area contributed by atoms with Crippen LogP contribution in [-0.4, -0.2) is 30.1 Å². The van der Waals surface area contributed by atoms with Crippen molar-refractivity contribution in [2.45, 2.75) is 32.6 Å². The number of hydrogen-bond donors (Lipinski definition) is 2. The third-order valence-electron chi connectivity index (χ3n) is 3.97. The highest BCUT2D eigenvalue weighted by atomic mass is 16.5. The van der Waals surface area contributed by atoms with E-state index in [-0.39, 0.29) is 11.5 Å². The van der Waals surface area contributed by atoms with Crippen LogP contribution in [-0.2, 0) is 11.2 Å². The third kappa shape index (κ3) is 6.97. The maximum atomic E-state index is 11.8. The van der Waals surface area contributed by atoms with Crippen LogP contribution >= 0.6 is 0 Å². The molecule has 2 rings (SSSR count). The summed E-state index contributed by atoms with van der Waals surface area (Å²) in [6.45, 7) is 3.12. The SMILES string of the molecule is Cc1cccc(OCCCCC(=O)NCCc2cccc(C(=O)O)c2)c1. The number of hydrogen-bond acceptors (Lipinski definition) is 3. The summed E-state index contributed by atoms with van der Waals surface area (Å²) in [7, 11) is 0. The molecule has 0 aliphatic heterocycles. The van der Waals surface area contributed by atoms with Gasteiger partial charge in [-0.1, -0.05) is 24.3 Å². The Morgan fingerprint density at radius 3 is 2.65 bits per heavy atom. The van der Waals surface area contributed by atoms with E-state index in [1.807, 2.05) is 37.3 Å². The Bertz CT molecular complexity index is 742. The fourth-order valence-corrected chi connectivity index (χ4v) is 2.58. The second kappa shape index (κ2) is 10.2. The van der Waals surface area contributed by atoms with Gasteiger partial charge in [-0.15, -0.1) is 0 Å². The number of aryl methyl sites for hydroxylation is 1. The molecule has 138 valence electrons. The Balaban J connectivity index is 1.57. The van der Waals surface area contributed by atoms with Gasteiger partial charge in [0.15, 0.2) is 0 Å². The normalized spacial score (nSPS) is 10.3. The predicted octanol–water partition coefficient (Wildman–Crippen LogP) is 3.60. The van der Waals surface area contributed by atoms with Crippen LogP contribution in [0.4, 0.5) is 0 Å². The molecule has 0 heterocycles. The Morgan fingerprint density at radius 1 is 1.08 bits per heavy atom. The lowest BCUT2D eigenvalue weighted by Crippen LogP contribution is -2.25. The molecule has 0 aliphatic carbocycles. The van der Waals surface area contributed by atoms with E-state index in [9.17, 15) is 9.59 Å². The van der Waals surface area contributed by atoms with Crippen molar-refractivity contribution in [3.05, 3.63) is 65.2 Å². The van der Waals surface area contributed by atoms with E-state index in [1.165, 1.54) is 0 Å². The topological polar surface area (TPSA) is 75.6 Å². The van der Waals surface area contributed by atoms with Crippen LogP contribution in [0.2, 0.25) is 0 Å². The van der Waals surface area contributed by atoms with Crippen LogP contribution in [0.15, 0.2) is 48.5 Å². The lowest BCUT2D eigenvalue weighted by atomic mass is 10.1. The van der Waals surface area contributed by atoms with Crippen molar-refractivity contribution in [1.29, 1.82) is 0 Å². The number of ether oxygens (including phenoxy) is 1. The summed E-state index contributed by atoms with van der Waals surface area (Å²) < 4.78 is 5.66. The second-order valence-electron chi connectivity index (χ2n) is 6.23. The number of carbonyl (C=O) groups excluding carboxylic acids is 1. The van der Waals surface area contributed by atoms with Gasteiger partial charge in [-0.2, -0.15) is 0 Å². The van der Waals surface area contributed by atoms with E-state index < -0.39 is 5.97 Å². The van der Waals surface area contributed by atoms with Crippen LogP contribution in [0.25, 0.3) is 0 Å². The minimum atomic E-state index is -0.941. The average molecular weight is 355 g/mol. The molecule has 1 amide bonds. The van der Waals surface area contributed by atoms with Gasteiger partial charge >= 0.3 is 5.97 Å². The summed E-state index contributed by atoms with van der Waals surface area (Å²) in [5.74, 6) is -0.0724. The summed E-state index contributed by atoms with van der Waals surface area (Å²) in [6.07, 6.45) is 2.67. The van der Waals surface area contributed by atoms with Gasteiger partial charge in [-0.25, -0.2) is 4.79 Å². The molecule has 26 heavy (non-hydrogen) atoms. The molecule has 5 nitrogen and oxygen atoms in total. The standard InChI is InChI=1S/C21H25NO4/c1-16-6-4-9-19(14-16)26-13-3-2-10-20(23)22-12-11-17-7-5-8-18(15-17)21(24)25/h4-9,14-15H,2-3,10-13H2,1H3,(H,22,23)(H,24,25). The van der Waals surface area contributed by atoms with E-state index in [2.05, 4.69) is 5.32 Å². The first-order valence-electron chi connectivity index (χ1n) is 8.83. The number of carbonyl (C=O) groups is 2. The molecular weight excluding hydrogens is 330 g/mol. The Kier molecular flexibility index (Phi) is 7.68. The molecule has 0 aromatic heterocycles. The van der Waals surface area contributed by atoms with Gasteiger partial charge in [0.25, 0.3) is 0 Å². The first-order chi connectivity index (χ1) is 12.5. The molecule has 0 bridgehead atoms. The van der Waals surface area contributed by atoms with Crippen LogP contribution in [0, 0.1) is 6.92 Å². The average Bonchev–Trinajstić information content (AvgIpc) is 2.62. The van der Waals surface area contributed by atoms with Gasteiger partial charge in [0.2, 0.25) is 5.91 Å². The minimum absolute atomic E-state index is 0.00921. The number of nitrogens with one attached hydrogen (secondary N) is 1. The zero-order valence-corrected chi connectivity index (χ0v) is 15.0. The van der Waals surface area contributed by atoms with Crippen LogP contribution in [0.5, 0.6) is 5.75 Å². The highest BCUT2D eigenvalue weighted by Gasteiger charge is 2.04.